The molecule has 0 aliphatic heterocycles. The fourth-order valence-corrected chi connectivity index (χ4v) is 2.54. The zero-order valence-corrected chi connectivity index (χ0v) is 12.3. The summed E-state index contributed by atoms with van der Waals surface area (Å²) in [5.74, 6) is 1.07. The molecule has 7 heteroatoms. The second-order valence-electron chi connectivity index (χ2n) is 4.33. The van der Waals surface area contributed by atoms with Crippen molar-refractivity contribution >= 4 is 17.2 Å². The Morgan fingerprint density at radius 3 is 2.70 bits per heavy atom. The second kappa shape index (κ2) is 5.87. The summed E-state index contributed by atoms with van der Waals surface area (Å²) in [4.78, 5) is 9.63. The maximum atomic E-state index is 7.63. The minimum atomic E-state index is -0.0158. The highest BCUT2D eigenvalue weighted by atomic mass is 32.1. The monoisotopic (exact) mass is 292 g/mol. The SMILES string of the molecule is COc1cc(-c2cc(OC(C)C)c(C(=N)N)s2)ncn1. The van der Waals surface area contributed by atoms with Crippen molar-refractivity contribution in [2.45, 2.75) is 20.0 Å². The first kappa shape index (κ1) is 14.3. The Morgan fingerprint density at radius 2 is 2.10 bits per heavy atom. The minimum absolute atomic E-state index is 0.00971. The lowest BCUT2D eigenvalue weighted by Gasteiger charge is -2.08. The van der Waals surface area contributed by atoms with Crippen molar-refractivity contribution in [2.75, 3.05) is 7.11 Å². The lowest BCUT2D eigenvalue weighted by atomic mass is 10.3. The molecule has 0 fully saturated rings. The number of aromatic nitrogens is 2. The number of nitrogens with one attached hydrogen (secondary N) is 1. The normalized spacial score (nSPS) is 10.6. The molecular weight excluding hydrogens is 276 g/mol. The van der Waals surface area contributed by atoms with Gasteiger partial charge in [0.2, 0.25) is 5.88 Å². The summed E-state index contributed by atoms with van der Waals surface area (Å²) in [5.41, 5.74) is 6.31. The average molecular weight is 292 g/mol. The van der Waals surface area contributed by atoms with E-state index in [-0.39, 0.29) is 11.9 Å². The summed E-state index contributed by atoms with van der Waals surface area (Å²) >= 11 is 1.36. The van der Waals surface area contributed by atoms with Crippen LogP contribution in [0.25, 0.3) is 10.6 Å². The highest BCUT2D eigenvalue weighted by Crippen LogP contribution is 2.36. The van der Waals surface area contributed by atoms with Gasteiger partial charge in [-0.15, -0.1) is 11.3 Å². The van der Waals surface area contributed by atoms with Gasteiger partial charge in [-0.3, -0.25) is 5.41 Å². The van der Waals surface area contributed by atoms with Crippen LogP contribution in [0.3, 0.4) is 0 Å². The molecule has 0 amide bonds. The molecule has 0 saturated carbocycles. The number of nitrogens with zero attached hydrogens (tertiary/aromatic N) is 2. The lowest BCUT2D eigenvalue weighted by molar-refractivity contribution is 0.243. The highest BCUT2D eigenvalue weighted by Gasteiger charge is 2.16. The summed E-state index contributed by atoms with van der Waals surface area (Å²) in [6.45, 7) is 3.85. The van der Waals surface area contributed by atoms with E-state index in [4.69, 9.17) is 20.6 Å². The number of nitrogens with two attached hydrogens (primary N) is 1. The number of thiophene rings is 1. The maximum absolute atomic E-state index is 7.63. The Kier molecular flexibility index (Phi) is 4.19. The number of hydrogen-bond acceptors (Lipinski definition) is 6. The second-order valence-corrected chi connectivity index (χ2v) is 5.38. The number of amidine groups is 1. The molecule has 2 rings (SSSR count). The van der Waals surface area contributed by atoms with Crippen molar-refractivity contribution in [2.24, 2.45) is 5.73 Å². The van der Waals surface area contributed by atoms with Gasteiger partial charge < -0.3 is 15.2 Å². The van der Waals surface area contributed by atoms with Crippen molar-refractivity contribution in [1.82, 2.24) is 9.97 Å². The first-order valence-electron chi connectivity index (χ1n) is 6.02. The molecular formula is C13H16N4O2S. The van der Waals surface area contributed by atoms with E-state index in [9.17, 15) is 0 Å². The first-order valence-corrected chi connectivity index (χ1v) is 6.84. The standard InChI is InChI=1S/C13H16N4O2S/c1-7(2)19-9-5-10(20-12(9)13(14)15)8-4-11(18-3)17-6-16-8/h4-7H,1-3H3,(H3,14,15). The van der Waals surface area contributed by atoms with Crippen LogP contribution >= 0.6 is 11.3 Å². The molecule has 0 atom stereocenters. The molecule has 0 bridgehead atoms. The van der Waals surface area contributed by atoms with E-state index in [0.29, 0.717) is 22.2 Å². The third-order valence-corrected chi connectivity index (χ3v) is 3.58. The Labute approximate surface area is 121 Å². The van der Waals surface area contributed by atoms with E-state index in [0.717, 1.165) is 4.88 Å². The van der Waals surface area contributed by atoms with Crippen LogP contribution in [0.5, 0.6) is 11.6 Å². The molecule has 2 heterocycles. The van der Waals surface area contributed by atoms with E-state index in [2.05, 4.69) is 9.97 Å². The smallest absolute Gasteiger partial charge is 0.216 e. The van der Waals surface area contributed by atoms with Gasteiger partial charge in [-0.2, -0.15) is 0 Å². The van der Waals surface area contributed by atoms with E-state index in [1.807, 2.05) is 19.9 Å². The summed E-state index contributed by atoms with van der Waals surface area (Å²) in [6.07, 6.45) is 1.44. The fraction of sp³-hybridized carbons (Fsp3) is 0.308. The molecule has 20 heavy (non-hydrogen) atoms. The summed E-state index contributed by atoms with van der Waals surface area (Å²) in [7, 11) is 1.55. The topological polar surface area (TPSA) is 94.1 Å². The average Bonchev–Trinajstić information content (AvgIpc) is 2.82. The molecule has 0 spiro atoms. The fourth-order valence-electron chi connectivity index (χ4n) is 1.62. The molecule has 106 valence electrons. The Balaban J connectivity index is 2.44. The van der Waals surface area contributed by atoms with Crippen molar-refractivity contribution in [3.05, 3.63) is 23.3 Å². The third kappa shape index (κ3) is 3.05. The zero-order valence-electron chi connectivity index (χ0n) is 11.5. The van der Waals surface area contributed by atoms with Crippen molar-refractivity contribution in [3.8, 4) is 22.2 Å². The molecule has 2 aromatic rings. The molecule has 6 nitrogen and oxygen atoms in total. The first-order chi connectivity index (χ1) is 9.51. The largest absolute Gasteiger partial charge is 0.489 e. The molecule has 2 aromatic heterocycles. The Bertz CT molecular complexity index is 625. The lowest BCUT2D eigenvalue weighted by Crippen LogP contribution is -2.13. The van der Waals surface area contributed by atoms with Crippen molar-refractivity contribution in [1.29, 1.82) is 5.41 Å². The molecule has 0 radical (unpaired) electrons. The van der Waals surface area contributed by atoms with E-state index in [1.165, 1.54) is 17.7 Å². The van der Waals surface area contributed by atoms with Crippen LogP contribution in [-0.4, -0.2) is 29.0 Å². The summed E-state index contributed by atoms with van der Waals surface area (Å²) in [6, 6.07) is 3.57. The number of nitrogen functional groups attached to an aromatic ring is 1. The molecule has 0 aliphatic carbocycles. The minimum Gasteiger partial charge on any atom is -0.489 e. The van der Waals surface area contributed by atoms with Crippen LogP contribution in [0, 0.1) is 5.41 Å². The highest BCUT2D eigenvalue weighted by molar-refractivity contribution is 7.17. The van der Waals surface area contributed by atoms with E-state index < -0.39 is 0 Å². The van der Waals surface area contributed by atoms with Crippen LogP contribution in [0.1, 0.15) is 18.7 Å². The molecule has 0 aliphatic rings. The predicted molar refractivity (Wildman–Crippen MR) is 78.7 cm³/mol. The number of methoxy groups -OCH3 is 1. The van der Waals surface area contributed by atoms with Gasteiger partial charge in [-0.05, 0) is 13.8 Å². The van der Waals surface area contributed by atoms with Crippen LogP contribution in [0.4, 0.5) is 0 Å². The molecule has 0 aromatic carbocycles. The van der Waals surface area contributed by atoms with Crippen LogP contribution in [-0.2, 0) is 0 Å². The number of ether oxygens (including phenoxy) is 2. The zero-order chi connectivity index (χ0) is 14.7. The predicted octanol–water partition coefficient (Wildman–Crippen LogP) is 2.28. The Hall–Kier alpha value is -2.15. The third-order valence-electron chi connectivity index (χ3n) is 2.41. The van der Waals surface area contributed by atoms with Gasteiger partial charge in [0, 0.05) is 12.1 Å². The van der Waals surface area contributed by atoms with Gasteiger partial charge in [0.25, 0.3) is 0 Å². The van der Waals surface area contributed by atoms with Gasteiger partial charge in [0.15, 0.2) is 0 Å². The van der Waals surface area contributed by atoms with E-state index >= 15 is 0 Å². The molecule has 0 unspecified atom stereocenters. The van der Waals surface area contributed by atoms with Gasteiger partial charge in [0.05, 0.1) is 23.8 Å². The van der Waals surface area contributed by atoms with Crippen LogP contribution in [0.2, 0.25) is 0 Å². The van der Waals surface area contributed by atoms with E-state index in [1.54, 1.807) is 13.2 Å². The molecule has 3 N–H and O–H groups in total. The van der Waals surface area contributed by atoms with Crippen LogP contribution < -0.4 is 15.2 Å². The van der Waals surface area contributed by atoms with Crippen molar-refractivity contribution in [3.63, 3.8) is 0 Å². The van der Waals surface area contributed by atoms with Gasteiger partial charge >= 0.3 is 0 Å². The maximum Gasteiger partial charge on any atom is 0.216 e. The summed E-state index contributed by atoms with van der Waals surface area (Å²) < 4.78 is 10.8. The number of hydrogen-bond donors (Lipinski definition) is 2. The molecule has 0 saturated heterocycles. The van der Waals surface area contributed by atoms with Crippen molar-refractivity contribution < 1.29 is 9.47 Å². The summed E-state index contributed by atoms with van der Waals surface area (Å²) in [5, 5.41) is 7.63. The Morgan fingerprint density at radius 1 is 1.35 bits per heavy atom. The van der Waals surface area contributed by atoms with Crippen LogP contribution in [0.15, 0.2) is 18.5 Å². The number of rotatable bonds is 5. The quantitative estimate of drug-likeness (QED) is 0.651. The van der Waals surface area contributed by atoms with Gasteiger partial charge in [0.1, 0.15) is 22.8 Å². The van der Waals surface area contributed by atoms with Gasteiger partial charge in [-0.1, -0.05) is 0 Å². The van der Waals surface area contributed by atoms with Gasteiger partial charge in [-0.25, -0.2) is 9.97 Å².